The first-order valence-electron chi connectivity index (χ1n) is 6.03. The zero-order valence-corrected chi connectivity index (χ0v) is 12.3. The van der Waals surface area contributed by atoms with Crippen LogP contribution in [0, 0.1) is 0 Å². The standard InChI is InChI=1S/C15H14ClNO2S/c16-14-7-5-13(6-8-14)12-3-1-11(2-4-12)9-20(19)10-15(17)18/h1-8H,9-10H2,(H2,17,18)/t20-/m0/s1. The first-order chi connectivity index (χ1) is 9.54. The smallest absolute Gasteiger partial charge is 0.230 e. The van der Waals surface area contributed by atoms with Crippen LogP contribution in [-0.2, 0) is 21.3 Å². The Morgan fingerprint density at radius 1 is 1.00 bits per heavy atom. The van der Waals surface area contributed by atoms with Gasteiger partial charge in [-0.25, -0.2) is 0 Å². The fourth-order valence-corrected chi connectivity index (χ4v) is 2.94. The monoisotopic (exact) mass is 307 g/mol. The molecule has 20 heavy (non-hydrogen) atoms. The molecule has 1 atom stereocenters. The zero-order chi connectivity index (χ0) is 14.5. The maximum Gasteiger partial charge on any atom is 0.230 e. The van der Waals surface area contributed by atoms with Crippen molar-refractivity contribution in [2.24, 2.45) is 5.73 Å². The number of carbonyl (C=O) groups is 1. The molecule has 2 aromatic rings. The van der Waals surface area contributed by atoms with E-state index >= 15 is 0 Å². The lowest BCUT2D eigenvalue weighted by atomic mass is 10.0. The summed E-state index contributed by atoms with van der Waals surface area (Å²) in [5.41, 5.74) is 8.07. The third-order valence-electron chi connectivity index (χ3n) is 2.76. The van der Waals surface area contributed by atoms with Crippen molar-refractivity contribution in [1.29, 1.82) is 0 Å². The van der Waals surface area contributed by atoms with Gasteiger partial charge in [-0.05, 0) is 28.8 Å². The average Bonchev–Trinajstić information content (AvgIpc) is 2.39. The summed E-state index contributed by atoms with van der Waals surface area (Å²) >= 11 is 5.85. The van der Waals surface area contributed by atoms with E-state index in [2.05, 4.69) is 0 Å². The van der Waals surface area contributed by atoms with Gasteiger partial charge >= 0.3 is 0 Å². The highest BCUT2D eigenvalue weighted by Gasteiger charge is 2.06. The van der Waals surface area contributed by atoms with Crippen LogP contribution in [0.3, 0.4) is 0 Å². The van der Waals surface area contributed by atoms with Crippen LogP contribution in [0.15, 0.2) is 48.5 Å². The van der Waals surface area contributed by atoms with Gasteiger partial charge in [0.2, 0.25) is 5.91 Å². The van der Waals surface area contributed by atoms with Crippen molar-refractivity contribution in [1.82, 2.24) is 0 Å². The zero-order valence-electron chi connectivity index (χ0n) is 10.7. The third-order valence-corrected chi connectivity index (χ3v) is 4.28. The molecule has 5 heteroatoms. The number of hydrogen-bond acceptors (Lipinski definition) is 2. The van der Waals surface area contributed by atoms with Gasteiger partial charge in [-0.3, -0.25) is 9.00 Å². The maximum atomic E-state index is 11.6. The van der Waals surface area contributed by atoms with E-state index < -0.39 is 16.7 Å². The molecular formula is C15H14ClNO2S. The Labute approximate surface area is 125 Å². The van der Waals surface area contributed by atoms with Crippen molar-refractivity contribution < 1.29 is 9.00 Å². The van der Waals surface area contributed by atoms with Gasteiger partial charge in [-0.2, -0.15) is 0 Å². The molecule has 0 saturated heterocycles. The first kappa shape index (κ1) is 14.8. The van der Waals surface area contributed by atoms with Gasteiger partial charge in [0, 0.05) is 21.6 Å². The predicted molar refractivity (Wildman–Crippen MR) is 82.8 cm³/mol. The van der Waals surface area contributed by atoms with Gasteiger partial charge in [0.1, 0.15) is 5.75 Å². The maximum absolute atomic E-state index is 11.6. The Balaban J connectivity index is 2.08. The normalized spacial score (nSPS) is 12.1. The van der Waals surface area contributed by atoms with Crippen molar-refractivity contribution in [3.8, 4) is 11.1 Å². The average molecular weight is 308 g/mol. The summed E-state index contributed by atoms with van der Waals surface area (Å²) < 4.78 is 11.6. The van der Waals surface area contributed by atoms with E-state index in [0.717, 1.165) is 16.7 Å². The van der Waals surface area contributed by atoms with Crippen molar-refractivity contribution in [2.45, 2.75) is 5.75 Å². The lowest BCUT2D eigenvalue weighted by Gasteiger charge is -2.04. The minimum absolute atomic E-state index is 0.0983. The van der Waals surface area contributed by atoms with E-state index in [1.807, 2.05) is 48.5 Å². The largest absolute Gasteiger partial charge is 0.369 e. The molecule has 0 aliphatic rings. The van der Waals surface area contributed by atoms with Crippen molar-refractivity contribution in [3.63, 3.8) is 0 Å². The molecule has 104 valence electrons. The fourth-order valence-electron chi connectivity index (χ4n) is 1.83. The second-order valence-electron chi connectivity index (χ2n) is 4.40. The first-order valence-corrected chi connectivity index (χ1v) is 7.89. The number of nitrogens with two attached hydrogens (primary N) is 1. The van der Waals surface area contributed by atoms with Crippen LogP contribution in [0.25, 0.3) is 11.1 Å². The summed E-state index contributed by atoms with van der Waals surface area (Å²) in [5, 5.41) is 0.701. The van der Waals surface area contributed by atoms with Crippen LogP contribution >= 0.6 is 11.6 Å². The van der Waals surface area contributed by atoms with E-state index in [9.17, 15) is 9.00 Å². The van der Waals surface area contributed by atoms with Gasteiger partial charge in [0.25, 0.3) is 0 Å². The molecule has 2 rings (SSSR count). The molecule has 0 unspecified atom stereocenters. The molecular weight excluding hydrogens is 294 g/mol. The topological polar surface area (TPSA) is 60.2 Å². The fraction of sp³-hybridized carbons (Fsp3) is 0.133. The number of benzene rings is 2. The van der Waals surface area contributed by atoms with E-state index in [1.165, 1.54) is 0 Å². The molecule has 2 N–H and O–H groups in total. The lowest BCUT2D eigenvalue weighted by Crippen LogP contribution is -2.20. The highest BCUT2D eigenvalue weighted by atomic mass is 35.5. The highest BCUT2D eigenvalue weighted by Crippen LogP contribution is 2.22. The molecule has 3 nitrogen and oxygen atoms in total. The Bertz CT molecular complexity index is 623. The summed E-state index contributed by atoms with van der Waals surface area (Å²) in [6.45, 7) is 0. The molecule has 0 spiro atoms. The quantitative estimate of drug-likeness (QED) is 0.923. The van der Waals surface area contributed by atoms with Crippen LogP contribution in [0.2, 0.25) is 5.02 Å². The Kier molecular flexibility index (Phi) is 4.93. The number of primary amides is 1. The van der Waals surface area contributed by atoms with E-state index in [4.69, 9.17) is 17.3 Å². The predicted octanol–water partition coefficient (Wildman–Crippen LogP) is 2.74. The van der Waals surface area contributed by atoms with Gasteiger partial charge in [0.15, 0.2) is 0 Å². The molecule has 0 aliphatic heterocycles. The van der Waals surface area contributed by atoms with Crippen LogP contribution in [-0.4, -0.2) is 15.9 Å². The Morgan fingerprint density at radius 3 is 2.00 bits per heavy atom. The number of amides is 1. The molecule has 0 saturated carbocycles. The molecule has 0 aromatic heterocycles. The molecule has 2 aromatic carbocycles. The van der Waals surface area contributed by atoms with Gasteiger partial charge in [-0.15, -0.1) is 0 Å². The summed E-state index contributed by atoms with van der Waals surface area (Å²) in [5.74, 6) is -0.302. The summed E-state index contributed by atoms with van der Waals surface area (Å²) in [6.07, 6.45) is 0. The van der Waals surface area contributed by atoms with Gasteiger partial charge in [0.05, 0.1) is 0 Å². The number of halogens is 1. The molecule has 0 bridgehead atoms. The van der Waals surface area contributed by atoms with Crippen LogP contribution < -0.4 is 5.73 Å². The molecule has 0 heterocycles. The van der Waals surface area contributed by atoms with Crippen LogP contribution in [0.1, 0.15) is 5.56 Å². The molecule has 1 amide bonds. The molecule has 0 radical (unpaired) electrons. The summed E-state index contributed by atoms with van der Waals surface area (Å²) in [4.78, 5) is 10.7. The minimum atomic E-state index is -1.25. The van der Waals surface area contributed by atoms with Crippen LogP contribution in [0.4, 0.5) is 0 Å². The number of rotatable bonds is 5. The second-order valence-corrected chi connectivity index (χ2v) is 6.29. The number of hydrogen-bond donors (Lipinski definition) is 1. The lowest BCUT2D eigenvalue weighted by molar-refractivity contribution is -0.115. The Hall–Kier alpha value is -1.65. The van der Waals surface area contributed by atoms with E-state index in [1.54, 1.807) is 0 Å². The third kappa shape index (κ3) is 4.18. The SMILES string of the molecule is NC(=O)C[S@@](=O)Cc1ccc(-c2ccc(Cl)cc2)cc1. The number of carbonyl (C=O) groups excluding carboxylic acids is 1. The van der Waals surface area contributed by atoms with Gasteiger partial charge < -0.3 is 5.73 Å². The van der Waals surface area contributed by atoms with E-state index in [0.29, 0.717) is 10.8 Å². The Morgan fingerprint density at radius 2 is 1.50 bits per heavy atom. The van der Waals surface area contributed by atoms with Gasteiger partial charge in [-0.1, -0.05) is 48.0 Å². The van der Waals surface area contributed by atoms with Crippen LogP contribution in [0.5, 0.6) is 0 Å². The highest BCUT2D eigenvalue weighted by molar-refractivity contribution is 7.84. The summed E-state index contributed by atoms with van der Waals surface area (Å²) in [6, 6.07) is 15.3. The van der Waals surface area contributed by atoms with Crippen molar-refractivity contribution in [2.75, 3.05) is 5.75 Å². The van der Waals surface area contributed by atoms with Crippen molar-refractivity contribution in [3.05, 3.63) is 59.1 Å². The molecule has 0 fully saturated rings. The second kappa shape index (κ2) is 6.68. The van der Waals surface area contributed by atoms with E-state index in [-0.39, 0.29) is 5.75 Å². The summed E-state index contributed by atoms with van der Waals surface area (Å²) in [7, 11) is -1.25. The minimum Gasteiger partial charge on any atom is -0.369 e. The molecule has 0 aliphatic carbocycles. The van der Waals surface area contributed by atoms with Crippen molar-refractivity contribution >= 4 is 28.3 Å².